The number of imidazole rings is 1. The summed E-state index contributed by atoms with van der Waals surface area (Å²) < 4.78 is 0. The molecule has 1 aliphatic carbocycles. The number of benzene rings is 1. The lowest BCUT2D eigenvalue weighted by Crippen LogP contribution is -2.30. The number of nitrogens with zero attached hydrogens (tertiary/aromatic N) is 1. The summed E-state index contributed by atoms with van der Waals surface area (Å²) >= 11 is 0. The van der Waals surface area contributed by atoms with E-state index in [9.17, 15) is 9.90 Å². The van der Waals surface area contributed by atoms with Crippen LogP contribution >= 0.6 is 0 Å². The summed E-state index contributed by atoms with van der Waals surface area (Å²) in [5.41, 5.74) is 0.891. The maximum absolute atomic E-state index is 12.0. The van der Waals surface area contributed by atoms with E-state index in [1.54, 1.807) is 12.4 Å². The number of aromatic amines is 1. The van der Waals surface area contributed by atoms with Gasteiger partial charge in [-0.2, -0.15) is 0 Å². The molecule has 21 heavy (non-hydrogen) atoms. The second-order valence-electron chi connectivity index (χ2n) is 5.67. The van der Waals surface area contributed by atoms with Gasteiger partial charge in [-0.15, -0.1) is 0 Å². The van der Waals surface area contributed by atoms with Gasteiger partial charge in [0.05, 0.1) is 12.0 Å². The second kappa shape index (κ2) is 5.69. The lowest BCUT2D eigenvalue weighted by atomic mass is 9.97. The summed E-state index contributed by atoms with van der Waals surface area (Å²) in [4.78, 5) is 19.2. The number of carbonyl (C=O) groups excluding carboxylic acids is 1. The third kappa shape index (κ3) is 3.31. The molecule has 0 radical (unpaired) electrons. The fraction of sp³-hybridized carbons (Fsp3) is 0.375. The van der Waals surface area contributed by atoms with Crippen molar-refractivity contribution in [3.8, 4) is 11.4 Å². The van der Waals surface area contributed by atoms with Crippen LogP contribution in [0.5, 0.6) is 0 Å². The molecule has 5 nitrogen and oxygen atoms in total. The zero-order valence-electron chi connectivity index (χ0n) is 11.8. The number of amides is 1. The number of anilines is 1. The van der Waals surface area contributed by atoms with E-state index < -0.39 is 5.60 Å². The normalized spacial score (nSPS) is 16.8. The number of carbonyl (C=O) groups is 1. The standard InChI is InChI=1S/C16H19N3O2/c20-14(11-16(21)7-1-2-8-16)19-13-5-3-12(4-6-13)15-17-9-10-18-15/h3-6,9-10,21H,1-2,7-8,11H2,(H,17,18)(H,19,20). The van der Waals surface area contributed by atoms with E-state index in [1.807, 2.05) is 24.3 Å². The zero-order chi connectivity index (χ0) is 14.7. The van der Waals surface area contributed by atoms with Gasteiger partial charge in [0.1, 0.15) is 5.82 Å². The van der Waals surface area contributed by atoms with E-state index in [-0.39, 0.29) is 12.3 Å². The van der Waals surface area contributed by atoms with Crippen LogP contribution in [0.1, 0.15) is 32.1 Å². The fourth-order valence-corrected chi connectivity index (χ4v) is 2.85. The predicted molar refractivity (Wildman–Crippen MR) is 80.7 cm³/mol. The van der Waals surface area contributed by atoms with Crippen molar-refractivity contribution in [2.24, 2.45) is 0 Å². The van der Waals surface area contributed by atoms with Crippen molar-refractivity contribution in [3.63, 3.8) is 0 Å². The Morgan fingerprint density at radius 3 is 2.62 bits per heavy atom. The van der Waals surface area contributed by atoms with Crippen molar-refractivity contribution in [2.75, 3.05) is 5.32 Å². The topological polar surface area (TPSA) is 78.0 Å². The van der Waals surface area contributed by atoms with Crippen LogP contribution in [0, 0.1) is 0 Å². The summed E-state index contributed by atoms with van der Waals surface area (Å²) in [6.07, 6.45) is 7.09. The molecule has 0 unspecified atom stereocenters. The Morgan fingerprint density at radius 1 is 1.29 bits per heavy atom. The van der Waals surface area contributed by atoms with Gasteiger partial charge < -0.3 is 15.4 Å². The Labute approximate surface area is 123 Å². The molecule has 0 bridgehead atoms. The number of hydrogen-bond acceptors (Lipinski definition) is 3. The van der Waals surface area contributed by atoms with Crippen LogP contribution in [0.25, 0.3) is 11.4 Å². The minimum atomic E-state index is -0.807. The molecule has 0 aliphatic heterocycles. The first-order valence-electron chi connectivity index (χ1n) is 7.27. The van der Waals surface area contributed by atoms with Crippen molar-refractivity contribution in [1.82, 2.24) is 9.97 Å². The summed E-state index contributed by atoms with van der Waals surface area (Å²) in [6, 6.07) is 7.49. The molecule has 2 aromatic rings. The Morgan fingerprint density at radius 2 is 2.00 bits per heavy atom. The molecular formula is C16H19N3O2. The van der Waals surface area contributed by atoms with Gasteiger partial charge in [-0.05, 0) is 37.1 Å². The van der Waals surface area contributed by atoms with E-state index >= 15 is 0 Å². The highest BCUT2D eigenvalue weighted by molar-refractivity contribution is 5.91. The molecule has 1 saturated carbocycles. The summed E-state index contributed by atoms with van der Waals surface area (Å²) in [6.45, 7) is 0. The Hall–Kier alpha value is -2.14. The monoisotopic (exact) mass is 285 g/mol. The first kappa shape index (κ1) is 13.8. The Kier molecular flexibility index (Phi) is 3.75. The molecule has 1 amide bonds. The van der Waals surface area contributed by atoms with Gasteiger partial charge in [0.2, 0.25) is 5.91 Å². The van der Waals surface area contributed by atoms with E-state index in [1.165, 1.54) is 0 Å². The first-order chi connectivity index (χ1) is 10.1. The lowest BCUT2D eigenvalue weighted by Gasteiger charge is -2.21. The average molecular weight is 285 g/mol. The molecule has 0 atom stereocenters. The number of aromatic nitrogens is 2. The van der Waals surface area contributed by atoms with Crippen molar-refractivity contribution in [2.45, 2.75) is 37.7 Å². The molecule has 1 aliphatic rings. The van der Waals surface area contributed by atoms with E-state index in [0.29, 0.717) is 0 Å². The SMILES string of the molecule is O=C(CC1(O)CCCC1)Nc1ccc(-c2ncc[nH]2)cc1. The Balaban J connectivity index is 1.61. The van der Waals surface area contributed by atoms with Gasteiger partial charge in [-0.1, -0.05) is 12.8 Å². The quantitative estimate of drug-likeness (QED) is 0.808. The molecule has 5 heteroatoms. The molecule has 1 fully saturated rings. The smallest absolute Gasteiger partial charge is 0.227 e. The summed E-state index contributed by atoms with van der Waals surface area (Å²) in [5, 5.41) is 13.1. The van der Waals surface area contributed by atoms with Crippen LogP contribution < -0.4 is 5.32 Å². The fourth-order valence-electron chi connectivity index (χ4n) is 2.85. The van der Waals surface area contributed by atoms with Crippen molar-refractivity contribution >= 4 is 11.6 Å². The Bertz CT molecular complexity index is 599. The summed E-state index contributed by atoms with van der Waals surface area (Å²) in [7, 11) is 0. The van der Waals surface area contributed by atoms with Gasteiger partial charge >= 0.3 is 0 Å². The van der Waals surface area contributed by atoms with Crippen molar-refractivity contribution in [3.05, 3.63) is 36.7 Å². The largest absolute Gasteiger partial charge is 0.389 e. The van der Waals surface area contributed by atoms with Crippen LogP contribution in [0.15, 0.2) is 36.7 Å². The molecule has 0 spiro atoms. The molecule has 3 N–H and O–H groups in total. The van der Waals surface area contributed by atoms with Crippen LogP contribution in [0.4, 0.5) is 5.69 Å². The van der Waals surface area contributed by atoms with Crippen LogP contribution in [-0.2, 0) is 4.79 Å². The number of hydrogen-bond donors (Lipinski definition) is 3. The van der Waals surface area contributed by atoms with E-state index in [2.05, 4.69) is 15.3 Å². The highest BCUT2D eigenvalue weighted by atomic mass is 16.3. The molecule has 1 aromatic carbocycles. The number of aliphatic hydroxyl groups is 1. The average Bonchev–Trinajstić information content (AvgIpc) is 3.11. The summed E-state index contributed by atoms with van der Waals surface area (Å²) in [5.74, 6) is 0.665. The van der Waals surface area contributed by atoms with Gasteiger partial charge in [-0.25, -0.2) is 4.98 Å². The van der Waals surface area contributed by atoms with E-state index in [4.69, 9.17) is 0 Å². The highest BCUT2D eigenvalue weighted by Gasteiger charge is 2.33. The minimum absolute atomic E-state index is 0.134. The van der Waals surface area contributed by atoms with Gasteiger partial charge in [0, 0.05) is 23.6 Å². The predicted octanol–water partition coefficient (Wildman–Crippen LogP) is 2.71. The van der Waals surface area contributed by atoms with E-state index in [0.717, 1.165) is 42.8 Å². The molecule has 110 valence electrons. The van der Waals surface area contributed by atoms with Crippen molar-refractivity contribution < 1.29 is 9.90 Å². The third-order valence-electron chi connectivity index (χ3n) is 3.96. The molecule has 1 aromatic heterocycles. The lowest BCUT2D eigenvalue weighted by molar-refractivity contribution is -0.120. The highest BCUT2D eigenvalue weighted by Crippen LogP contribution is 2.32. The number of H-pyrrole nitrogens is 1. The van der Waals surface area contributed by atoms with Crippen molar-refractivity contribution in [1.29, 1.82) is 0 Å². The third-order valence-corrected chi connectivity index (χ3v) is 3.96. The van der Waals surface area contributed by atoms with Crippen LogP contribution in [0.3, 0.4) is 0 Å². The molecule has 1 heterocycles. The number of nitrogens with one attached hydrogen (secondary N) is 2. The molecule has 0 saturated heterocycles. The maximum atomic E-state index is 12.0. The van der Waals surface area contributed by atoms with Crippen LogP contribution in [0.2, 0.25) is 0 Å². The zero-order valence-corrected chi connectivity index (χ0v) is 11.8. The van der Waals surface area contributed by atoms with Gasteiger partial charge in [0.25, 0.3) is 0 Å². The number of rotatable bonds is 4. The van der Waals surface area contributed by atoms with Gasteiger partial charge in [-0.3, -0.25) is 4.79 Å². The van der Waals surface area contributed by atoms with Crippen LogP contribution in [-0.4, -0.2) is 26.6 Å². The second-order valence-corrected chi connectivity index (χ2v) is 5.67. The van der Waals surface area contributed by atoms with Gasteiger partial charge in [0.15, 0.2) is 0 Å². The minimum Gasteiger partial charge on any atom is -0.389 e. The molecule has 3 rings (SSSR count). The first-order valence-corrected chi connectivity index (χ1v) is 7.27. The maximum Gasteiger partial charge on any atom is 0.227 e. The molecular weight excluding hydrogens is 266 g/mol.